The quantitative estimate of drug-likeness (QED) is 0.333. The first-order valence-corrected chi connectivity index (χ1v) is 13.2. The standard InChI is InChI=1S/C22H30N4O.C6H8O7/c1-24(2)21(27)19(17-26-13-5-12-23-26)16-25-14-10-22(11-15-25)9-8-18-6-3-4-7-20(18)22;7-3(8)1-6(13,5(11)12)2-4(9)10/h3-7,12-13,19H,8-11,14-17H2,1-2H3;13H,1-2H2,(H,7,8)(H,9,10)(H,11,12). The fourth-order valence-electron chi connectivity index (χ4n) is 5.69. The molecule has 1 amide bonds. The van der Waals surface area contributed by atoms with Gasteiger partial charge in [0.05, 0.1) is 25.3 Å². The van der Waals surface area contributed by atoms with Crippen LogP contribution in [0.2, 0.25) is 0 Å². The summed E-state index contributed by atoms with van der Waals surface area (Å²) in [7, 11) is 3.69. The zero-order valence-electron chi connectivity index (χ0n) is 22.9. The van der Waals surface area contributed by atoms with Gasteiger partial charge in [0.15, 0.2) is 5.60 Å². The lowest BCUT2D eigenvalue weighted by Gasteiger charge is -2.41. The van der Waals surface area contributed by atoms with E-state index in [1.54, 1.807) is 22.2 Å². The van der Waals surface area contributed by atoms with Crippen LogP contribution in [-0.4, -0.2) is 103 Å². The Bertz CT molecular complexity index is 1170. The van der Waals surface area contributed by atoms with Gasteiger partial charge in [-0.1, -0.05) is 24.3 Å². The lowest BCUT2D eigenvalue weighted by atomic mass is 9.74. The van der Waals surface area contributed by atoms with Crippen LogP contribution >= 0.6 is 0 Å². The molecular formula is C28H38N4O8. The van der Waals surface area contributed by atoms with Crippen molar-refractivity contribution in [2.45, 2.75) is 56.1 Å². The van der Waals surface area contributed by atoms with E-state index in [2.05, 4.69) is 34.3 Å². The molecule has 2 heterocycles. The van der Waals surface area contributed by atoms with E-state index < -0.39 is 36.4 Å². The maximum absolute atomic E-state index is 12.7. The number of benzene rings is 1. The molecule has 1 atom stereocenters. The van der Waals surface area contributed by atoms with Gasteiger partial charge < -0.3 is 30.2 Å². The summed E-state index contributed by atoms with van der Waals surface area (Å²) in [5.74, 6) is -4.88. The van der Waals surface area contributed by atoms with Gasteiger partial charge in [0, 0.05) is 33.0 Å². The number of amides is 1. The van der Waals surface area contributed by atoms with Gasteiger partial charge >= 0.3 is 17.9 Å². The Morgan fingerprint density at radius 2 is 1.60 bits per heavy atom. The van der Waals surface area contributed by atoms with Gasteiger partial charge in [-0.05, 0) is 61.4 Å². The molecule has 1 saturated heterocycles. The molecule has 1 aliphatic carbocycles. The minimum absolute atomic E-state index is 0.0511. The molecule has 0 bridgehead atoms. The second-order valence-corrected chi connectivity index (χ2v) is 10.9. The number of nitrogens with zero attached hydrogens (tertiary/aromatic N) is 4. The van der Waals surface area contributed by atoms with Crippen molar-refractivity contribution in [1.82, 2.24) is 19.6 Å². The average molecular weight is 559 g/mol. The van der Waals surface area contributed by atoms with Crippen molar-refractivity contribution in [2.24, 2.45) is 5.92 Å². The monoisotopic (exact) mass is 558 g/mol. The fraction of sp³-hybridized carbons (Fsp3) is 0.536. The number of aryl methyl sites for hydroxylation is 1. The van der Waals surface area contributed by atoms with E-state index in [-0.39, 0.29) is 11.8 Å². The number of carbonyl (C=O) groups is 4. The Hall–Kier alpha value is -3.77. The highest BCUT2D eigenvalue weighted by atomic mass is 16.4. The summed E-state index contributed by atoms with van der Waals surface area (Å²) >= 11 is 0. The Morgan fingerprint density at radius 1 is 0.975 bits per heavy atom. The number of hydrogen-bond donors (Lipinski definition) is 4. The van der Waals surface area contributed by atoms with Gasteiger partial charge in [-0.15, -0.1) is 0 Å². The zero-order chi connectivity index (χ0) is 29.5. The van der Waals surface area contributed by atoms with E-state index in [9.17, 15) is 19.2 Å². The lowest BCUT2D eigenvalue weighted by molar-refractivity contribution is -0.170. The Kier molecular flexibility index (Phi) is 10.0. The highest BCUT2D eigenvalue weighted by molar-refractivity contribution is 5.88. The fourth-order valence-corrected chi connectivity index (χ4v) is 5.69. The van der Waals surface area contributed by atoms with E-state index in [1.165, 1.54) is 25.7 Å². The number of fused-ring (bicyclic) bond motifs is 2. The second-order valence-electron chi connectivity index (χ2n) is 10.9. The minimum Gasteiger partial charge on any atom is -0.481 e. The first-order chi connectivity index (χ1) is 18.8. The Balaban J connectivity index is 0.000000289. The molecule has 0 saturated carbocycles. The minimum atomic E-state index is -2.74. The smallest absolute Gasteiger partial charge is 0.336 e. The summed E-state index contributed by atoms with van der Waals surface area (Å²) in [6.45, 7) is 3.61. The number of piperidine rings is 1. The molecule has 4 N–H and O–H groups in total. The summed E-state index contributed by atoms with van der Waals surface area (Å²) in [6, 6.07) is 10.9. The highest BCUT2D eigenvalue weighted by Gasteiger charge is 2.42. The van der Waals surface area contributed by atoms with Crippen LogP contribution in [0, 0.1) is 5.92 Å². The third-order valence-corrected chi connectivity index (χ3v) is 7.80. The summed E-state index contributed by atoms with van der Waals surface area (Å²) in [4.78, 5) is 47.4. The maximum atomic E-state index is 12.7. The number of aliphatic carboxylic acids is 3. The van der Waals surface area contributed by atoms with Gasteiger partial charge in [-0.25, -0.2) is 4.79 Å². The molecule has 4 rings (SSSR count). The van der Waals surface area contributed by atoms with Crippen molar-refractivity contribution in [2.75, 3.05) is 33.7 Å². The summed E-state index contributed by atoms with van der Waals surface area (Å²) in [6.07, 6.45) is 6.34. The number of hydrogen-bond acceptors (Lipinski definition) is 7. The van der Waals surface area contributed by atoms with Crippen LogP contribution in [0.15, 0.2) is 42.7 Å². The molecule has 12 nitrogen and oxygen atoms in total. The SMILES string of the molecule is CN(C)C(=O)C(CN1CCC2(CCc3ccccc32)CC1)Cn1cccn1.O=C(O)CC(O)(CC(=O)O)C(=O)O. The van der Waals surface area contributed by atoms with Crippen molar-refractivity contribution in [3.05, 3.63) is 53.9 Å². The average Bonchev–Trinajstić information content (AvgIpc) is 3.52. The summed E-state index contributed by atoms with van der Waals surface area (Å²) in [5, 5.41) is 38.1. The molecule has 1 unspecified atom stereocenters. The van der Waals surface area contributed by atoms with E-state index in [0.29, 0.717) is 12.0 Å². The number of carboxylic acids is 3. The zero-order valence-corrected chi connectivity index (χ0v) is 22.9. The molecule has 1 aromatic carbocycles. The van der Waals surface area contributed by atoms with E-state index in [1.807, 2.05) is 31.0 Å². The van der Waals surface area contributed by atoms with Crippen molar-refractivity contribution >= 4 is 23.8 Å². The van der Waals surface area contributed by atoms with Crippen LogP contribution in [0.1, 0.15) is 43.2 Å². The highest BCUT2D eigenvalue weighted by Crippen LogP contribution is 2.46. The molecule has 1 spiro atoms. The third-order valence-electron chi connectivity index (χ3n) is 7.80. The molecule has 218 valence electrons. The summed E-state index contributed by atoms with van der Waals surface area (Å²) < 4.78 is 1.88. The van der Waals surface area contributed by atoms with Gasteiger partial charge in [0.25, 0.3) is 0 Å². The number of aromatic nitrogens is 2. The number of likely N-dealkylation sites (tertiary alicyclic amines) is 1. The van der Waals surface area contributed by atoms with Crippen LogP contribution in [0.5, 0.6) is 0 Å². The number of rotatable bonds is 10. The normalized spacial score (nSPS) is 16.9. The van der Waals surface area contributed by atoms with Crippen LogP contribution in [0.3, 0.4) is 0 Å². The van der Waals surface area contributed by atoms with Crippen molar-refractivity contribution in [1.29, 1.82) is 0 Å². The molecule has 1 aromatic heterocycles. The van der Waals surface area contributed by atoms with E-state index in [0.717, 1.165) is 19.6 Å². The van der Waals surface area contributed by atoms with E-state index in [4.69, 9.17) is 20.4 Å². The van der Waals surface area contributed by atoms with Crippen molar-refractivity contribution in [3.63, 3.8) is 0 Å². The Morgan fingerprint density at radius 3 is 2.12 bits per heavy atom. The second kappa shape index (κ2) is 13.1. The number of carboxylic acid groups (broad SMARTS) is 3. The number of carbonyl (C=O) groups excluding carboxylic acids is 1. The van der Waals surface area contributed by atoms with E-state index >= 15 is 0 Å². The largest absolute Gasteiger partial charge is 0.481 e. The van der Waals surface area contributed by atoms with Gasteiger partial charge in [-0.3, -0.25) is 19.1 Å². The maximum Gasteiger partial charge on any atom is 0.336 e. The van der Waals surface area contributed by atoms with Crippen LogP contribution in [0.4, 0.5) is 0 Å². The Labute approximate surface area is 232 Å². The third kappa shape index (κ3) is 7.66. The molecule has 2 aromatic rings. The van der Waals surface area contributed by atoms with Crippen LogP contribution < -0.4 is 0 Å². The van der Waals surface area contributed by atoms with Gasteiger partial charge in [-0.2, -0.15) is 5.10 Å². The molecule has 40 heavy (non-hydrogen) atoms. The van der Waals surface area contributed by atoms with Crippen molar-refractivity contribution < 1.29 is 39.6 Å². The van der Waals surface area contributed by atoms with Crippen LogP contribution in [0.25, 0.3) is 0 Å². The molecule has 1 fully saturated rings. The van der Waals surface area contributed by atoms with Gasteiger partial charge in [0.2, 0.25) is 5.91 Å². The number of aliphatic hydroxyl groups is 1. The first-order valence-electron chi connectivity index (χ1n) is 13.2. The topological polar surface area (TPSA) is 173 Å². The lowest BCUT2D eigenvalue weighted by Crippen LogP contribution is -2.46. The molecule has 1 aliphatic heterocycles. The van der Waals surface area contributed by atoms with Crippen LogP contribution in [-0.2, 0) is 37.6 Å². The van der Waals surface area contributed by atoms with Gasteiger partial charge in [0.1, 0.15) is 0 Å². The predicted molar refractivity (Wildman–Crippen MR) is 144 cm³/mol. The molecule has 0 radical (unpaired) electrons. The molecular weight excluding hydrogens is 520 g/mol. The van der Waals surface area contributed by atoms with Crippen molar-refractivity contribution in [3.8, 4) is 0 Å². The predicted octanol–water partition coefficient (Wildman–Crippen LogP) is 1.32. The molecule has 12 heteroatoms. The molecule has 2 aliphatic rings. The first kappa shape index (κ1) is 30.8. The summed E-state index contributed by atoms with van der Waals surface area (Å²) in [5.41, 5.74) is 0.765.